The van der Waals surface area contributed by atoms with E-state index in [-0.39, 0.29) is 11.8 Å². The topological polar surface area (TPSA) is 29.1 Å². The number of amides is 1. The second-order valence-corrected chi connectivity index (χ2v) is 3.59. The third-order valence-corrected chi connectivity index (χ3v) is 2.55. The summed E-state index contributed by atoms with van der Waals surface area (Å²) >= 11 is 0. The highest BCUT2D eigenvalue weighted by atomic mass is 16.1. The van der Waals surface area contributed by atoms with E-state index in [0.29, 0.717) is 6.54 Å². The first-order valence-electron chi connectivity index (χ1n) is 4.62. The van der Waals surface area contributed by atoms with Gasteiger partial charge in [-0.05, 0) is 17.5 Å². The third-order valence-electron chi connectivity index (χ3n) is 2.55. The fraction of sp³-hybridized carbons (Fsp3) is 0.364. The molecule has 68 valence electrons. The van der Waals surface area contributed by atoms with E-state index < -0.39 is 0 Å². The maximum absolute atomic E-state index is 11.4. The predicted molar refractivity (Wildman–Crippen MR) is 51.2 cm³/mol. The SMILES string of the molecule is CC1Cc2ccccc2CNC1=O. The highest BCUT2D eigenvalue weighted by Crippen LogP contribution is 2.17. The van der Waals surface area contributed by atoms with Gasteiger partial charge in [0, 0.05) is 12.5 Å². The van der Waals surface area contributed by atoms with Crippen molar-refractivity contribution in [1.29, 1.82) is 0 Å². The first kappa shape index (κ1) is 8.30. The molecule has 1 aromatic carbocycles. The van der Waals surface area contributed by atoms with Crippen LogP contribution in [0.25, 0.3) is 0 Å². The van der Waals surface area contributed by atoms with Crippen molar-refractivity contribution in [3.63, 3.8) is 0 Å². The normalized spacial score (nSPS) is 21.6. The van der Waals surface area contributed by atoms with E-state index >= 15 is 0 Å². The number of benzene rings is 1. The summed E-state index contributed by atoms with van der Waals surface area (Å²) < 4.78 is 0. The number of fused-ring (bicyclic) bond motifs is 1. The Morgan fingerprint density at radius 1 is 1.31 bits per heavy atom. The molecule has 1 amide bonds. The van der Waals surface area contributed by atoms with Gasteiger partial charge in [0.2, 0.25) is 5.91 Å². The number of rotatable bonds is 0. The maximum atomic E-state index is 11.4. The van der Waals surface area contributed by atoms with Crippen LogP contribution in [0.4, 0.5) is 0 Å². The third kappa shape index (κ3) is 1.57. The van der Waals surface area contributed by atoms with Gasteiger partial charge in [-0.3, -0.25) is 4.79 Å². The average molecular weight is 175 g/mol. The van der Waals surface area contributed by atoms with Crippen molar-refractivity contribution >= 4 is 5.91 Å². The van der Waals surface area contributed by atoms with Gasteiger partial charge in [0.25, 0.3) is 0 Å². The van der Waals surface area contributed by atoms with Gasteiger partial charge in [-0.2, -0.15) is 0 Å². The van der Waals surface area contributed by atoms with Crippen LogP contribution in [0.2, 0.25) is 0 Å². The summed E-state index contributed by atoms with van der Waals surface area (Å²) in [5.74, 6) is 0.264. The van der Waals surface area contributed by atoms with Crippen molar-refractivity contribution in [2.24, 2.45) is 5.92 Å². The van der Waals surface area contributed by atoms with Crippen molar-refractivity contribution < 1.29 is 4.79 Å². The zero-order valence-electron chi connectivity index (χ0n) is 7.71. The Morgan fingerprint density at radius 2 is 2.00 bits per heavy atom. The Morgan fingerprint density at radius 3 is 2.77 bits per heavy atom. The summed E-state index contributed by atoms with van der Waals surface area (Å²) in [4.78, 5) is 11.4. The number of hydrogen-bond donors (Lipinski definition) is 1. The van der Waals surface area contributed by atoms with E-state index in [1.165, 1.54) is 11.1 Å². The Kier molecular flexibility index (Phi) is 2.05. The summed E-state index contributed by atoms with van der Waals surface area (Å²) in [6, 6.07) is 8.22. The summed E-state index contributed by atoms with van der Waals surface area (Å²) in [6.45, 7) is 2.65. The van der Waals surface area contributed by atoms with E-state index in [2.05, 4.69) is 17.4 Å². The van der Waals surface area contributed by atoms with Crippen LogP contribution >= 0.6 is 0 Å². The molecule has 1 aromatic rings. The molecule has 0 saturated heterocycles. The molecule has 1 unspecified atom stereocenters. The zero-order chi connectivity index (χ0) is 9.26. The lowest BCUT2D eigenvalue weighted by atomic mass is 9.99. The average Bonchev–Trinajstić information content (AvgIpc) is 2.28. The minimum Gasteiger partial charge on any atom is -0.352 e. The van der Waals surface area contributed by atoms with Crippen LogP contribution in [0, 0.1) is 5.92 Å². The molecule has 0 spiro atoms. The van der Waals surface area contributed by atoms with E-state index in [0.717, 1.165) is 6.42 Å². The highest BCUT2D eigenvalue weighted by molar-refractivity contribution is 5.79. The zero-order valence-corrected chi connectivity index (χ0v) is 7.71. The Balaban J connectivity index is 2.35. The molecule has 1 aliphatic rings. The highest BCUT2D eigenvalue weighted by Gasteiger charge is 2.18. The van der Waals surface area contributed by atoms with Crippen molar-refractivity contribution in [1.82, 2.24) is 5.32 Å². The van der Waals surface area contributed by atoms with Gasteiger partial charge >= 0.3 is 0 Å². The van der Waals surface area contributed by atoms with Crippen molar-refractivity contribution in [3.05, 3.63) is 35.4 Å². The van der Waals surface area contributed by atoms with E-state index in [4.69, 9.17) is 0 Å². The molecule has 1 N–H and O–H groups in total. The lowest BCUT2D eigenvalue weighted by Gasteiger charge is -2.05. The lowest BCUT2D eigenvalue weighted by molar-refractivity contribution is -0.124. The van der Waals surface area contributed by atoms with E-state index in [9.17, 15) is 4.79 Å². The largest absolute Gasteiger partial charge is 0.352 e. The molecule has 0 radical (unpaired) electrons. The van der Waals surface area contributed by atoms with E-state index in [1.54, 1.807) is 0 Å². The first-order chi connectivity index (χ1) is 6.27. The monoisotopic (exact) mass is 175 g/mol. The van der Waals surface area contributed by atoms with Crippen LogP contribution in [0.5, 0.6) is 0 Å². The Bertz CT molecular complexity index is 333. The maximum Gasteiger partial charge on any atom is 0.223 e. The smallest absolute Gasteiger partial charge is 0.223 e. The summed E-state index contributed by atoms with van der Waals surface area (Å²) in [5.41, 5.74) is 2.55. The molecule has 2 rings (SSSR count). The summed E-state index contributed by atoms with van der Waals surface area (Å²) in [6.07, 6.45) is 0.863. The minimum atomic E-state index is 0.101. The van der Waals surface area contributed by atoms with Gasteiger partial charge in [-0.1, -0.05) is 31.2 Å². The lowest BCUT2D eigenvalue weighted by Crippen LogP contribution is -2.26. The van der Waals surface area contributed by atoms with Gasteiger partial charge < -0.3 is 5.32 Å². The summed E-state index contributed by atoms with van der Waals surface area (Å²) in [5, 5.41) is 2.91. The van der Waals surface area contributed by atoms with Gasteiger partial charge in [-0.15, -0.1) is 0 Å². The van der Waals surface area contributed by atoms with E-state index in [1.807, 2.05) is 19.1 Å². The van der Waals surface area contributed by atoms with Gasteiger partial charge in [0.05, 0.1) is 0 Å². The molecule has 0 aromatic heterocycles. The Hall–Kier alpha value is -1.31. The summed E-state index contributed by atoms with van der Waals surface area (Å²) in [7, 11) is 0. The molecule has 0 aliphatic carbocycles. The molecular formula is C11H13NO. The fourth-order valence-electron chi connectivity index (χ4n) is 1.71. The van der Waals surface area contributed by atoms with Crippen LogP contribution in [-0.4, -0.2) is 5.91 Å². The second-order valence-electron chi connectivity index (χ2n) is 3.59. The van der Waals surface area contributed by atoms with Crippen molar-refractivity contribution in [3.8, 4) is 0 Å². The quantitative estimate of drug-likeness (QED) is 0.636. The van der Waals surface area contributed by atoms with Crippen molar-refractivity contribution in [2.75, 3.05) is 0 Å². The molecule has 1 aliphatic heterocycles. The fourth-order valence-corrected chi connectivity index (χ4v) is 1.71. The molecule has 0 fully saturated rings. The number of hydrogen-bond acceptors (Lipinski definition) is 1. The molecule has 0 bridgehead atoms. The van der Waals surface area contributed by atoms with Crippen LogP contribution in [0.3, 0.4) is 0 Å². The molecule has 0 saturated carbocycles. The van der Waals surface area contributed by atoms with Gasteiger partial charge in [0.1, 0.15) is 0 Å². The minimum absolute atomic E-state index is 0.101. The molecule has 2 heteroatoms. The number of carbonyl (C=O) groups is 1. The van der Waals surface area contributed by atoms with Crippen molar-refractivity contribution in [2.45, 2.75) is 19.9 Å². The van der Waals surface area contributed by atoms with Gasteiger partial charge in [-0.25, -0.2) is 0 Å². The molecule has 2 nitrogen and oxygen atoms in total. The molecule has 13 heavy (non-hydrogen) atoms. The number of carbonyl (C=O) groups excluding carboxylic acids is 1. The molecule has 1 heterocycles. The predicted octanol–water partition coefficient (Wildman–Crippen LogP) is 1.49. The van der Waals surface area contributed by atoms with Crippen LogP contribution < -0.4 is 5.32 Å². The van der Waals surface area contributed by atoms with Crippen LogP contribution in [0.1, 0.15) is 18.1 Å². The number of nitrogens with one attached hydrogen (secondary N) is 1. The second kappa shape index (κ2) is 3.21. The Labute approximate surface area is 78.0 Å². The molecule has 1 atom stereocenters. The standard InChI is InChI=1S/C11H13NO/c1-8-6-9-4-2-3-5-10(9)7-12-11(8)13/h2-5,8H,6-7H2,1H3,(H,12,13). The van der Waals surface area contributed by atoms with Crippen LogP contribution in [-0.2, 0) is 17.8 Å². The first-order valence-corrected chi connectivity index (χ1v) is 4.62. The van der Waals surface area contributed by atoms with Crippen LogP contribution in [0.15, 0.2) is 24.3 Å². The molecular weight excluding hydrogens is 162 g/mol. The van der Waals surface area contributed by atoms with Gasteiger partial charge in [0.15, 0.2) is 0 Å².